The summed E-state index contributed by atoms with van der Waals surface area (Å²) in [6, 6.07) is 2.28. The van der Waals surface area contributed by atoms with Crippen LogP contribution in [0, 0.1) is 0 Å². The molecule has 1 aromatic heterocycles. The number of nitrogens with one attached hydrogen (secondary N) is 1. The second kappa shape index (κ2) is 7.98. The first-order chi connectivity index (χ1) is 10.7. The number of rotatable bonds is 7. The van der Waals surface area contributed by atoms with Gasteiger partial charge in [0.15, 0.2) is 12.0 Å². The summed E-state index contributed by atoms with van der Waals surface area (Å²) < 4.78 is 41.8. The zero-order chi connectivity index (χ0) is 17.6. The van der Waals surface area contributed by atoms with Crippen molar-refractivity contribution in [1.82, 2.24) is 4.98 Å². The van der Waals surface area contributed by atoms with E-state index in [1.807, 2.05) is 0 Å². The lowest BCUT2D eigenvalue weighted by Gasteiger charge is -2.18. The van der Waals surface area contributed by atoms with Crippen molar-refractivity contribution in [2.45, 2.75) is 26.1 Å². The highest BCUT2D eigenvalue weighted by molar-refractivity contribution is 6.02. The average Bonchev–Trinajstić information content (AvgIpc) is 2.48. The topological polar surface area (TPSA) is 69.7 Å². The van der Waals surface area contributed by atoms with Gasteiger partial charge in [-0.15, -0.1) is 0 Å². The van der Waals surface area contributed by atoms with E-state index in [2.05, 4.69) is 10.3 Å². The Kier molecular flexibility index (Phi) is 6.59. The fraction of sp³-hybridized carbons (Fsp3) is 0.467. The summed E-state index contributed by atoms with van der Waals surface area (Å²) in [7, 11) is 4.14. The molecule has 0 fully saturated rings. The summed E-state index contributed by atoms with van der Waals surface area (Å²) in [6.07, 6.45) is 0.424. The van der Waals surface area contributed by atoms with Crippen molar-refractivity contribution < 1.29 is 27.8 Å². The number of anilines is 1. The summed E-state index contributed by atoms with van der Waals surface area (Å²) >= 11 is 0. The number of ether oxygens (including phenoxy) is 3. The summed E-state index contributed by atoms with van der Waals surface area (Å²) in [5.41, 5.74) is 0.140. The van der Waals surface area contributed by atoms with Crippen LogP contribution in [0.4, 0.5) is 14.6 Å². The van der Waals surface area contributed by atoms with Crippen LogP contribution in [-0.4, -0.2) is 38.5 Å². The largest absolute Gasteiger partial charge is 0.491 e. The highest BCUT2D eigenvalue weighted by Gasteiger charge is 2.25. The average molecular weight is 330 g/mol. The van der Waals surface area contributed by atoms with Gasteiger partial charge in [-0.2, -0.15) is 0 Å². The zero-order valence-electron chi connectivity index (χ0n) is 13.6. The first-order valence-corrected chi connectivity index (χ1v) is 6.70. The number of aromatic nitrogens is 1. The molecule has 1 heterocycles. The van der Waals surface area contributed by atoms with Gasteiger partial charge < -0.3 is 19.5 Å². The van der Waals surface area contributed by atoms with Crippen molar-refractivity contribution in [2.75, 3.05) is 26.6 Å². The Bertz CT molecular complexity index is 581. The van der Waals surface area contributed by atoms with Gasteiger partial charge in [0, 0.05) is 38.5 Å². The molecule has 0 aromatic carbocycles. The van der Waals surface area contributed by atoms with Crippen molar-refractivity contribution in [3.8, 4) is 0 Å². The highest BCUT2D eigenvalue weighted by Crippen LogP contribution is 2.27. The van der Waals surface area contributed by atoms with Gasteiger partial charge >= 0.3 is 0 Å². The van der Waals surface area contributed by atoms with Gasteiger partial charge in [0.1, 0.15) is 5.82 Å². The van der Waals surface area contributed by atoms with Crippen LogP contribution in [0.3, 0.4) is 0 Å². The SMILES string of the molecule is COC(C(=O)Nc1cc(C(C)(F)F)ccn1)=C(C)C(OC)OC. The molecule has 0 saturated carbocycles. The molecule has 23 heavy (non-hydrogen) atoms. The highest BCUT2D eigenvalue weighted by atomic mass is 19.3. The molecule has 0 atom stereocenters. The molecule has 0 unspecified atom stereocenters. The molecule has 0 aliphatic carbocycles. The summed E-state index contributed by atoms with van der Waals surface area (Å²) in [6.45, 7) is 2.36. The molecular weight excluding hydrogens is 310 g/mol. The van der Waals surface area contributed by atoms with Crippen LogP contribution in [0.5, 0.6) is 0 Å². The van der Waals surface area contributed by atoms with Crippen molar-refractivity contribution in [2.24, 2.45) is 0 Å². The van der Waals surface area contributed by atoms with Gasteiger partial charge in [-0.25, -0.2) is 13.8 Å². The van der Waals surface area contributed by atoms with Crippen LogP contribution in [0.1, 0.15) is 19.4 Å². The van der Waals surface area contributed by atoms with E-state index >= 15 is 0 Å². The number of hydrogen-bond donors (Lipinski definition) is 1. The molecule has 128 valence electrons. The summed E-state index contributed by atoms with van der Waals surface area (Å²) in [5.74, 6) is -3.74. The Balaban J connectivity index is 3.04. The maximum atomic E-state index is 13.3. The first-order valence-electron chi connectivity index (χ1n) is 6.70. The third-order valence-electron chi connectivity index (χ3n) is 3.06. The Hall–Kier alpha value is -2.06. The zero-order valence-corrected chi connectivity index (χ0v) is 13.6. The lowest BCUT2D eigenvalue weighted by Crippen LogP contribution is -2.23. The Labute approximate surface area is 133 Å². The number of hydrogen-bond acceptors (Lipinski definition) is 5. The molecule has 1 rings (SSSR count). The summed E-state index contributed by atoms with van der Waals surface area (Å²) in [4.78, 5) is 16.1. The summed E-state index contributed by atoms with van der Waals surface area (Å²) in [5, 5.41) is 2.41. The minimum atomic E-state index is -3.03. The van der Waals surface area contributed by atoms with Crippen LogP contribution >= 0.6 is 0 Å². The van der Waals surface area contributed by atoms with Gasteiger partial charge in [0.25, 0.3) is 11.8 Å². The molecule has 1 amide bonds. The predicted octanol–water partition coefficient (Wildman–Crippen LogP) is 2.67. The Morgan fingerprint density at radius 3 is 2.39 bits per heavy atom. The molecule has 6 nitrogen and oxygen atoms in total. The van der Waals surface area contributed by atoms with Crippen LogP contribution in [0.15, 0.2) is 29.7 Å². The number of carbonyl (C=O) groups is 1. The number of halogens is 2. The van der Waals surface area contributed by atoms with E-state index in [4.69, 9.17) is 14.2 Å². The standard InChI is InChI=1S/C15H20F2N2O4/c1-9(14(22-4)23-5)12(21-3)13(20)19-11-8-10(6-7-18-11)15(2,16)17/h6-8,14H,1-5H3,(H,18,19,20). The molecule has 0 aliphatic rings. The number of pyridine rings is 1. The number of alkyl halides is 2. The predicted molar refractivity (Wildman–Crippen MR) is 79.9 cm³/mol. The van der Waals surface area contributed by atoms with E-state index in [1.54, 1.807) is 6.92 Å². The van der Waals surface area contributed by atoms with Crippen molar-refractivity contribution in [1.29, 1.82) is 0 Å². The first kappa shape index (κ1) is 19.0. The van der Waals surface area contributed by atoms with E-state index in [9.17, 15) is 13.6 Å². The molecule has 0 saturated heterocycles. The minimum absolute atomic E-state index is 0.0113. The molecular formula is C15H20F2N2O4. The third kappa shape index (κ3) is 4.97. The molecule has 0 radical (unpaired) electrons. The second-order valence-electron chi connectivity index (χ2n) is 4.79. The van der Waals surface area contributed by atoms with Gasteiger partial charge in [0.2, 0.25) is 0 Å². The van der Waals surface area contributed by atoms with Crippen LogP contribution in [0.2, 0.25) is 0 Å². The fourth-order valence-corrected chi connectivity index (χ4v) is 1.93. The van der Waals surface area contributed by atoms with Crippen molar-refractivity contribution >= 4 is 11.7 Å². The lowest BCUT2D eigenvalue weighted by atomic mass is 10.1. The van der Waals surface area contributed by atoms with E-state index < -0.39 is 18.1 Å². The minimum Gasteiger partial charge on any atom is -0.491 e. The van der Waals surface area contributed by atoms with E-state index in [1.165, 1.54) is 33.6 Å². The number of amides is 1. The number of carbonyl (C=O) groups excluding carboxylic acids is 1. The van der Waals surface area contributed by atoms with Crippen LogP contribution in [0.25, 0.3) is 0 Å². The Morgan fingerprint density at radius 1 is 1.30 bits per heavy atom. The molecule has 0 aliphatic heterocycles. The van der Waals surface area contributed by atoms with Gasteiger partial charge in [-0.1, -0.05) is 0 Å². The molecule has 1 aromatic rings. The maximum absolute atomic E-state index is 13.3. The normalized spacial score (nSPS) is 12.9. The Morgan fingerprint density at radius 2 is 1.91 bits per heavy atom. The third-order valence-corrected chi connectivity index (χ3v) is 3.06. The fourth-order valence-electron chi connectivity index (χ4n) is 1.93. The second-order valence-corrected chi connectivity index (χ2v) is 4.79. The van der Waals surface area contributed by atoms with Gasteiger partial charge in [0.05, 0.1) is 7.11 Å². The number of methoxy groups -OCH3 is 3. The quantitative estimate of drug-likeness (QED) is 0.473. The van der Waals surface area contributed by atoms with Gasteiger partial charge in [-0.3, -0.25) is 4.79 Å². The molecule has 1 N–H and O–H groups in total. The van der Waals surface area contributed by atoms with Crippen molar-refractivity contribution in [3.63, 3.8) is 0 Å². The van der Waals surface area contributed by atoms with E-state index in [-0.39, 0.29) is 17.1 Å². The smallest absolute Gasteiger partial charge is 0.292 e. The lowest BCUT2D eigenvalue weighted by molar-refractivity contribution is -0.117. The van der Waals surface area contributed by atoms with Crippen LogP contribution < -0.4 is 5.32 Å². The van der Waals surface area contributed by atoms with Gasteiger partial charge in [-0.05, 0) is 19.1 Å². The van der Waals surface area contributed by atoms with Crippen molar-refractivity contribution in [3.05, 3.63) is 35.2 Å². The van der Waals surface area contributed by atoms with E-state index in [0.29, 0.717) is 5.57 Å². The number of nitrogens with zero attached hydrogens (tertiary/aromatic N) is 1. The molecule has 0 spiro atoms. The van der Waals surface area contributed by atoms with Crippen LogP contribution in [-0.2, 0) is 24.9 Å². The van der Waals surface area contributed by atoms with E-state index in [0.717, 1.165) is 13.0 Å². The maximum Gasteiger partial charge on any atom is 0.292 e. The molecule has 8 heteroatoms. The monoisotopic (exact) mass is 330 g/mol. The molecule has 0 bridgehead atoms.